The van der Waals surface area contributed by atoms with Gasteiger partial charge < -0.3 is 9.52 Å². The van der Waals surface area contributed by atoms with Crippen molar-refractivity contribution in [2.75, 3.05) is 5.75 Å². The molecule has 4 rings (SSSR count). The summed E-state index contributed by atoms with van der Waals surface area (Å²) >= 11 is 2.91. The maximum atomic E-state index is 12.0. The number of hydrazone groups is 1. The number of nitrogens with one attached hydrogen (secondary N) is 1. The summed E-state index contributed by atoms with van der Waals surface area (Å²) in [6, 6.07) is 17.7. The summed E-state index contributed by atoms with van der Waals surface area (Å²) in [5, 5.41) is 12.9. The van der Waals surface area contributed by atoms with Crippen LogP contribution in [0.1, 0.15) is 16.1 Å². The van der Waals surface area contributed by atoms with Gasteiger partial charge in [-0.2, -0.15) is 5.10 Å². The van der Waals surface area contributed by atoms with Crippen molar-refractivity contribution in [1.82, 2.24) is 10.4 Å². The summed E-state index contributed by atoms with van der Waals surface area (Å²) < 4.78 is 7.57. The number of amides is 1. The third kappa shape index (κ3) is 4.76. The van der Waals surface area contributed by atoms with Crippen LogP contribution in [0.2, 0.25) is 0 Å². The Morgan fingerprint density at radius 1 is 1.13 bits per heavy atom. The van der Waals surface area contributed by atoms with Crippen molar-refractivity contribution in [3.05, 3.63) is 72.0 Å². The van der Waals surface area contributed by atoms with Crippen LogP contribution in [-0.4, -0.2) is 33.9 Å². The molecule has 0 unspecified atom stereocenters. The molecule has 0 aliphatic rings. The number of thioether (sulfide) groups is 1. The zero-order valence-electron chi connectivity index (χ0n) is 15.4. The number of carboxylic acid groups (broad SMARTS) is 1. The number of carbonyl (C=O) groups excluding carboxylic acids is 1. The normalized spacial score (nSPS) is 11.2. The molecule has 150 valence electrons. The van der Waals surface area contributed by atoms with Crippen LogP contribution in [-0.2, 0) is 4.79 Å². The summed E-state index contributed by atoms with van der Waals surface area (Å²) in [7, 11) is 0. The monoisotopic (exact) mass is 437 g/mol. The largest absolute Gasteiger partial charge is 0.478 e. The highest BCUT2D eigenvalue weighted by molar-refractivity contribution is 8.01. The lowest BCUT2D eigenvalue weighted by molar-refractivity contribution is -0.118. The molecule has 0 atom stereocenters. The Kier molecular flexibility index (Phi) is 5.92. The molecule has 0 spiro atoms. The van der Waals surface area contributed by atoms with Gasteiger partial charge in [-0.15, -0.1) is 11.3 Å². The minimum absolute atomic E-state index is 0.205. The van der Waals surface area contributed by atoms with E-state index in [1.807, 2.05) is 24.3 Å². The van der Waals surface area contributed by atoms with Crippen molar-refractivity contribution < 1.29 is 19.1 Å². The second kappa shape index (κ2) is 8.93. The summed E-state index contributed by atoms with van der Waals surface area (Å²) in [6.07, 6.45) is 1.41. The van der Waals surface area contributed by atoms with E-state index in [-0.39, 0.29) is 17.2 Å². The van der Waals surface area contributed by atoms with Crippen LogP contribution in [0.4, 0.5) is 0 Å². The van der Waals surface area contributed by atoms with Crippen LogP contribution >= 0.6 is 23.1 Å². The Morgan fingerprint density at radius 2 is 1.93 bits per heavy atom. The molecule has 2 aromatic heterocycles. The van der Waals surface area contributed by atoms with Gasteiger partial charge in [0.15, 0.2) is 4.34 Å². The average Bonchev–Trinajstić information content (AvgIpc) is 3.39. The van der Waals surface area contributed by atoms with Gasteiger partial charge in [-0.05, 0) is 36.4 Å². The summed E-state index contributed by atoms with van der Waals surface area (Å²) in [5.41, 5.74) is 4.34. The molecule has 9 heteroatoms. The summed E-state index contributed by atoms with van der Waals surface area (Å²) in [5.74, 6) is 0.0196. The van der Waals surface area contributed by atoms with E-state index in [2.05, 4.69) is 15.5 Å². The number of fused-ring (bicyclic) bond motifs is 1. The van der Waals surface area contributed by atoms with E-state index in [0.717, 1.165) is 20.1 Å². The quantitative estimate of drug-likeness (QED) is 0.251. The minimum Gasteiger partial charge on any atom is -0.478 e. The molecule has 0 aliphatic carbocycles. The van der Waals surface area contributed by atoms with Crippen molar-refractivity contribution in [3.63, 3.8) is 0 Å². The predicted molar refractivity (Wildman–Crippen MR) is 117 cm³/mol. The number of para-hydroxylation sites is 1. The van der Waals surface area contributed by atoms with Gasteiger partial charge in [0.1, 0.15) is 11.5 Å². The number of furan rings is 1. The fourth-order valence-corrected chi connectivity index (χ4v) is 4.46. The van der Waals surface area contributed by atoms with Crippen LogP contribution < -0.4 is 5.43 Å². The maximum absolute atomic E-state index is 12.0. The van der Waals surface area contributed by atoms with Crippen LogP contribution in [0.5, 0.6) is 0 Å². The number of thiazole rings is 1. The lowest BCUT2D eigenvalue weighted by Crippen LogP contribution is -2.19. The molecule has 2 N–H and O–H groups in total. The first-order chi connectivity index (χ1) is 14.6. The first-order valence-electron chi connectivity index (χ1n) is 8.82. The van der Waals surface area contributed by atoms with Gasteiger partial charge in [0.05, 0.1) is 27.7 Å². The van der Waals surface area contributed by atoms with Gasteiger partial charge in [-0.25, -0.2) is 15.2 Å². The van der Waals surface area contributed by atoms with E-state index < -0.39 is 5.97 Å². The molecule has 0 aliphatic heterocycles. The van der Waals surface area contributed by atoms with Gasteiger partial charge in [-0.3, -0.25) is 4.79 Å². The molecule has 4 aromatic rings. The van der Waals surface area contributed by atoms with Crippen LogP contribution in [0.25, 0.3) is 21.5 Å². The van der Waals surface area contributed by atoms with E-state index in [9.17, 15) is 9.59 Å². The van der Waals surface area contributed by atoms with Crippen LogP contribution in [0.3, 0.4) is 0 Å². The van der Waals surface area contributed by atoms with Gasteiger partial charge >= 0.3 is 5.97 Å². The number of hydrogen-bond donors (Lipinski definition) is 2. The molecule has 7 nitrogen and oxygen atoms in total. The van der Waals surface area contributed by atoms with E-state index in [0.29, 0.717) is 11.5 Å². The molecule has 0 saturated carbocycles. The third-order valence-corrected chi connectivity index (χ3v) is 6.20. The highest BCUT2D eigenvalue weighted by atomic mass is 32.2. The standard InChI is InChI=1S/C21H15N3O4S2/c25-19(12-29-21-23-16-3-1-2-4-18(16)30-21)24-22-11-15-9-10-17(28-15)13-5-7-14(8-6-13)20(26)27/h1-11H,12H2,(H,24,25)(H,26,27)/b22-11-. The first-order valence-corrected chi connectivity index (χ1v) is 10.6. The Balaban J connectivity index is 1.29. The van der Waals surface area contributed by atoms with Gasteiger partial charge in [0.2, 0.25) is 0 Å². The number of carboxylic acids is 1. The van der Waals surface area contributed by atoms with Gasteiger partial charge in [0, 0.05) is 5.56 Å². The molecule has 0 saturated heterocycles. The van der Waals surface area contributed by atoms with Crippen LogP contribution in [0.15, 0.2) is 74.5 Å². The van der Waals surface area contributed by atoms with Gasteiger partial charge in [0.25, 0.3) is 5.91 Å². The molecule has 2 aromatic carbocycles. The number of carbonyl (C=O) groups is 2. The first kappa shape index (κ1) is 19.9. The zero-order valence-corrected chi connectivity index (χ0v) is 17.1. The molecule has 0 bridgehead atoms. The predicted octanol–water partition coefficient (Wildman–Crippen LogP) is 4.50. The van der Waals surface area contributed by atoms with Crippen molar-refractivity contribution in [2.24, 2.45) is 5.10 Å². The van der Waals surface area contributed by atoms with Crippen molar-refractivity contribution in [2.45, 2.75) is 4.34 Å². The summed E-state index contributed by atoms with van der Waals surface area (Å²) in [6.45, 7) is 0. The number of aromatic nitrogens is 1. The molecule has 0 fully saturated rings. The Labute approximate surface area is 179 Å². The van der Waals surface area contributed by atoms with Gasteiger partial charge in [-0.1, -0.05) is 36.0 Å². The molecule has 2 heterocycles. The smallest absolute Gasteiger partial charge is 0.335 e. The number of benzene rings is 2. The molecular weight excluding hydrogens is 422 g/mol. The topological polar surface area (TPSA) is 105 Å². The number of aromatic carboxylic acids is 1. The second-order valence-electron chi connectivity index (χ2n) is 6.11. The average molecular weight is 438 g/mol. The van der Waals surface area contributed by atoms with E-state index in [1.54, 1.807) is 35.6 Å². The highest BCUT2D eigenvalue weighted by Gasteiger charge is 2.08. The van der Waals surface area contributed by atoms with E-state index >= 15 is 0 Å². The van der Waals surface area contributed by atoms with E-state index in [1.165, 1.54) is 30.1 Å². The highest BCUT2D eigenvalue weighted by Crippen LogP contribution is 2.29. The number of nitrogens with zero attached hydrogens (tertiary/aromatic N) is 2. The zero-order chi connectivity index (χ0) is 20.9. The second-order valence-corrected chi connectivity index (χ2v) is 8.37. The maximum Gasteiger partial charge on any atom is 0.335 e. The fourth-order valence-electron chi connectivity index (χ4n) is 2.59. The van der Waals surface area contributed by atoms with Crippen molar-refractivity contribution in [3.8, 4) is 11.3 Å². The SMILES string of the molecule is O=C(CSc1nc2ccccc2s1)N/N=C\c1ccc(-c2ccc(C(=O)O)cc2)o1. The molecule has 30 heavy (non-hydrogen) atoms. The fraction of sp³-hybridized carbons (Fsp3) is 0.0476. The van der Waals surface area contributed by atoms with Crippen LogP contribution in [0, 0.1) is 0 Å². The minimum atomic E-state index is -0.981. The lowest BCUT2D eigenvalue weighted by atomic mass is 10.1. The summed E-state index contributed by atoms with van der Waals surface area (Å²) in [4.78, 5) is 27.4. The van der Waals surface area contributed by atoms with E-state index in [4.69, 9.17) is 9.52 Å². The lowest BCUT2D eigenvalue weighted by Gasteiger charge is -1.98. The Morgan fingerprint density at radius 3 is 2.70 bits per heavy atom. The van der Waals surface area contributed by atoms with Crippen molar-refractivity contribution >= 4 is 51.4 Å². The molecule has 1 amide bonds. The third-order valence-electron chi connectivity index (χ3n) is 4.03. The van der Waals surface area contributed by atoms with Crippen molar-refractivity contribution in [1.29, 1.82) is 0 Å². The Hall–Kier alpha value is -3.43. The Bertz CT molecular complexity index is 1200. The number of rotatable bonds is 7. The number of hydrogen-bond acceptors (Lipinski definition) is 7. The molecule has 0 radical (unpaired) electrons. The molecular formula is C21H15N3O4S2.